The topological polar surface area (TPSA) is 0 Å². The van der Waals surface area contributed by atoms with Gasteiger partial charge in [0.2, 0.25) is 0 Å². The Morgan fingerprint density at radius 3 is 1.29 bits per heavy atom. The van der Waals surface area contributed by atoms with Crippen molar-refractivity contribution in [1.29, 1.82) is 0 Å². The third-order valence-corrected chi connectivity index (χ3v) is 3.10. The monoisotopic (exact) mass is 448 g/mol. The fourth-order valence-electron chi connectivity index (χ4n) is 2.14. The SMILES string of the molecule is C[Si]C.[Cl-].[Cl-].[Zr+4].c1ccc2[cH-]ccc2c1.c1ccc2[cH-]ccc2c1. The molecule has 0 bridgehead atoms. The van der Waals surface area contributed by atoms with Gasteiger partial charge in [-0.2, -0.15) is 35.0 Å². The number of rotatable bonds is 0. The van der Waals surface area contributed by atoms with E-state index in [2.05, 4.69) is 98.0 Å². The summed E-state index contributed by atoms with van der Waals surface area (Å²) in [4.78, 5) is 0. The summed E-state index contributed by atoms with van der Waals surface area (Å²) in [5.41, 5.74) is 0. The maximum atomic E-state index is 2.15. The van der Waals surface area contributed by atoms with Crippen LogP contribution in [0.5, 0.6) is 0 Å². The van der Waals surface area contributed by atoms with Crippen molar-refractivity contribution in [2.75, 3.05) is 0 Å². The second kappa shape index (κ2) is 14.7. The van der Waals surface area contributed by atoms with Crippen LogP contribution in [0.1, 0.15) is 0 Å². The van der Waals surface area contributed by atoms with Crippen LogP contribution in [0.3, 0.4) is 0 Å². The molecule has 0 atom stereocenters. The molecular formula is C20H20Cl2SiZr. The van der Waals surface area contributed by atoms with E-state index in [1.807, 2.05) is 0 Å². The van der Waals surface area contributed by atoms with Gasteiger partial charge in [0.25, 0.3) is 0 Å². The third kappa shape index (κ3) is 7.94. The molecule has 0 heterocycles. The summed E-state index contributed by atoms with van der Waals surface area (Å²) in [6.07, 6.45) is 0. The summed E-state index contributed by atoms with van der Waals surface area (Å²) in [5, 5.41) is 5.32. The molecule has 0 aliphatic rings. The predicted molar refractivity (Wildman–Crippen MR) is 96.6 cm³/mol. The third-order valence-electron chi connectivity index (χ3n) is 3.10. The molecule has 0 unspecified atom stereocenters. The van der Waals surface area contributed by atoms with Crippen molar-refractivity contribution < 1.29 is 51.0 Å². The van der Waals surface area contributed by atoms with Crippen molar-refractivity contribution >= 4 is 31.1 Å². The Kier molecular flexibility index (Phi) is 15.6. The van der Waals surface area contributed by atoms with E-state index in [-0.39, 0.29) is 51.0 Å². The van der Waals surface area contributed by atoms with Crippen LogP contribution in [-0.2, 0) is 26.2 Å². The van der Waals surface area contributed by atoms with Gasteiger partial charge in [-0.25, -0.2) is 0 Å². The Labute approximate surface area is 179 Å². The van der Waals surface area contributed by atoms with Crippen LogP contribution in [-0.4, -0.2) is 9.52 Å². The Hall–Kier alpha value is -0.660. The van der Waals surface area contributed by atoms with E-state index in [9.17, 15) is 0 Å². The minimum absolute atomic E-state index is 0. The van der Waals surface area contributed by atoms with Gasteiger partial charge in [-0.3, -0.25) is 0 Å². The van der Waals surface area contributed by atoms with Gasteiger partial charge in [-0.05, 0) is 0 Å². The second-order valence-corrected chi connectivity index (χ2v) is 5.81. The molecule has 24 heavy (non-hydrogen) atoms. The summed E-state index contributed by atoms with van der Waals surface area (Å²) < 4.78 is 0. The van der Waals surface area contributed by atoms with Crippen LogP contribution in [0, 0.1) is 0 Å². The van der Waals surface area contributed by atoms with Crippen molar-refractivity contribution in [3.05, 3.63) is 84.9 Å². The maximum Gasteiger partial charge on any atom is 4.00 e. The van der Waals surface area contributed by atoms with E-state index < -0.39 is 0 Å². The quantitative estimate of drug-likeness (QED) is 0.260. The molecule has 0 aromatic heterocycles. The van der Waals surface area contributed by atoms with Gasteiger partial charge in [-0.15, -0.1) is 59.3 Å². The number of benzene rings is 2. The normalized spacial score (nSPS) is 8.42. The number of hydrogen-bond acceptors (Lipinski definition) is 0. The first kappa shape index (κ1) is 25.6. The Morgan fingerprint density at radius 1 is 0.625 bits per heavy atom. The molecule has 0 saturated heterocycles. The fraction of sp³-hybridized carbons (Fsp3) is 0.100. The molecule has 0 N–H and O–H groups in total. The van der Waals surface area contributed by atoms with Crippen molar-refractivity contribution in [2.45, 2.75) is 13.1 Å². The molecule has 0 spiro atoms. The zero-order chi connectivity index (χ0) is 14.9. The Morgan fingerprint density at radius 2 is 0.958 bits per heavy atom. The number of fused-ring (bicyclic) bond motifs is 2. The van der Waals surface area contributed by atoms with Gasteiger partial charge in [0, 0.05) is 9.52 Å². The summed E-state index contributed by atoms with van der Waals surface area (Å²) >= 11 is 0. The molecule has 4 aromatic carbocycles. The van der Waals surface area contributed by atoms with Gasteiger partial charge < -0.3 is 24.8 Å². The second-order valence-electron chi connectivity index (χ2n) is 4.81. The van der Waals surface area contributed by atoms with E-state index in [0.717, 1.165) is 9.52 Å². The van der Waals surface area contributed by atoms with Crippen molar-refractivity contribution in [3.8, 4) is 0 Å². The van der Waals surface area contributed by atoms with Gasteiger partial charge >= 0.3 is 26.2 Å². The molecule has 4 aromatic rings. The maximum absolute atomic E-state index is 2.15. The van der Waals surface area contributed by atoms with E-state index in [1.54, 1.807) is 0 Å². The van der Waals surface area contributed by atoms with E-state index >= 15 is 0 Å². The molecule has 0 amide bonds. The Balaban J connectivity index is 0. The van der Waals surface area contributed by atoms with Crippen molar-refractivity contribution in [2.24, 2.45) is 0 Å². The molecule has 122 valence electrons. The average Bonchev–Trinajstić information content (AvgIpc) is 3.17. The van der Waals surface area contributed by atoms with Crippen molar-refractivity contribution in [1.82, 2.24) is 0 Å². The molecule has 0 aliphatic carbocycles. The molecule has 2 radical (unpaired) electrons. The van der Waals surface area contributed by atoms with E-state index in [0.29, 0.717) is 0 Å². The first-order valence-corrected chi connectivity index (χ1v) is 9.14. The molecular weight excluding hydrogens is 430 g/mol. The average molecular weight is 451 g/mol. The number of halogens is 2. The standard InChI is InChI=1S/2C9H7.C2H6Si.2ClH.Zr/c2*1-2-5-9-7-3-6-8(9)4-1;1-3-2;;;/h2*1-7H;1-2H3;2*1H;/q2*-1;;;;+4/p-2. The molecule has 0 aliphatic heterocycles. The first-order chi connectivity index (χ1) is 10.3. The fourth-order valence-corrected chi connectivity index (χ4v) is 2.14. The van der Waals surface area contributed by atoms with Crippen LogP contribution in [0.15, 0.2) is 84.9 Å². The Bertz CT molecular complexity index is 651. The van der Waals surface area contributed by atoms with Gasteiger partial charge in [0.15, 0.2) is 0 Å². The molecule has 4 heteroatoms. The van der Waals surface area contributed by atoms with Gasteiger partial charge in [0.1, 0.15) is 0 Å². The minimum atomic E-state index is 0. The summed E-state index contributed by atoms with van der Waals surface area (Å²) in [5.74, 6) is 0. The van der Waals surface area contributed by atoms with E-state index in [1.165, 1.54) is 21.5 Å². The van der Waals surface area contributed by atoms with Crippen LogP contribution in [0.25, 0.3) is 21.5 Å². The molecule has 0 fully saturated rings. The largest absolute Gasteiger partial charge is 4.00 e. The first-order valence-electron chi connectivity index (χ1n) is 7.14. The zero-order valence-electron chi connectivity index (χ0n) is 13.8. The van der Waals surface area contributed by atoms with E-state index in [4.69, 9.17) is 0 Å². The van der Waals surface area contributed by atoms with Crippen LogP contribution in [0.2, 0.25) is 13.1 Å². The van der Waals surface area contributed by atoms with Crippen LogP contribution < -0.4 is 24.8 Å². The summed E-state index contributed by atoms with van der Waals surface area (Å²) in [6, 6.07) is 29.3. The number of hydrogen-bond donors (Lipinski definition) is 0. The molecule has 0 nitrogen and oxygen atoms in total. The van der Waals surface area contributed by atoms with Crippen LogP contribution in [0.4, 0.5) is 0 Å². The summed E-state index contributed by atoms with van der Waals surface area (Å²) in [6.45, 7) is 4.31. The van der Waals surface area contributed by atoms with Crippen LogP contribution >= 0.6 is 0 Å². The van der Waals surface area contributed by atoms with Gasteiger partial charge in [-0.1, -0.05) is 25.2 Å². The molecule has 0 saturated carbocycles. The van der Waals surface area contributed by atoms with Gasteiger partial charge in [0.05, 0.1) is 0 Å². The summed E-state index contributed by atoms with van der Waals surface area (Å²) in [7, 11) is 1.08. The zero-order valence-corrected chi connectivity index (χ0v) is 18.8. The van der Waals surface area contributed by atoms with Crippen molar-refractivity contribution in [3.63, 3.8) is 0 Å². The smallest absolute Gasteiger partial charge is 1.00 e. The minimum Gasteiger partial charge on any atom is -1.00 e. The molecule has 4 rings (SSSR count). The predicted octanol–water partition coefficient (Wildman–Crippen LogP) is -0.0903.